The first-order valence-electron chi connectivity index (χ1n) is 5.03. The van der Waals surface area contributed by atoms with Crippen LogP contribution in [0.5, 0.6) is 0 Å². The number of nitrogens with zero attached hydrogens (tertiary/aromatic N) is 2. The number of rotatable bonds is 5. The number of carbonyl (C=O) groups is 2. The van der Waals surface area contributed by atoms with E-state index >= 15 is 0 Å². The van der Waals surface area contributed by atoms with Crippen molar-refractivity contribution in [1.82, 2.24) is 9.80 Å². The third kappa shape index (κ3) is 4.75. The minimum Gasteiger partial charge on any atom is -0.481 e. The predicted molar refractivity (Wildman–Crippen MR) is 54.3 cm³/mol. The van der Waals surface area contributed by atoms with E-state index in [1.807, 2.05) is 4.90 Å². The summed E-state index contributed by atoms with van der Waals surface area (Å²) in [5, 5.41) is 8.52. The number of primary amides is 1. The SMILES string of the molecule is NC(=O)CN1CCN(CCC(=O)O)CC1. The number of carboxylic acids is 1. The average Bonchev–Trinajstić information content (AvgIpc) is 2.16. The van der Waals surface area contributed by atoms with Crippen LogP contribution in [0.15, 0.2) is 0 Å². The Balaban J connectivity index is 2.18. The molecule has 0 spiro atoms. The van der Waals surface area contributed by atoms with Gasteiger partial charge in [0, 0.05) is 32.7 Å². The molecular formula is C9H17N3O3. The molecule has 15 heavy (non-hydrogen) atoms. The Hall–Kier alpha value is -1.14. The topological polar surface area (TPSA) is 86.9 Å². The molecule has 0 bridgehead atoms. The highest BCUT2D eigenvalue weighted by molar-refractivity contribution is 5.75. The zero-order valence-electron chi connectivity index (χ0n) is 8.69. The molecular weight excluding hydrogens is 198 g/mol. The molecule has 0 aliphatic carbocycles. The summed E-state index contributed by atoms with van der Waals surface area (Å²) >= 11 is 0. The molecule has 6 heteroatoms. The first-order chi connectivity index (χ1) is 7.08. The fraction of sp³-hybridized carbons (Fsp3) is 0.778. The minimum absolute atomic E-state index is 0.176. The molecule has 6 nitrogen and oxygen atoms in total. The van der Waals surface area contributed by atoms with Crippen LogP contribution in [0.25, 0.3) is 0 Å². The normalized spacial score (nSPS) is 18.9. The smallest absolute Gasteiger partial charge is 0.304 e. The summed E-state index contributed by atoms with van der Waals surface area (Å²) in [5.41, 5.74) is 5.08. The lowest BCUT2D eigenvalue weighted by Crippen LogP contribution is -2.49. The van der Waals surface area contributed by atoms with Crippen LogP contribution in [-0.2, 0) is 9.59 Å². The van der Waals surface area contributed by atoms with Crippen LogP contribution in [0.2, 0.25) is 0 Å². The first-order valence-corrected chi connectivity index (χ1v) is 5.03. The molecule has 1 amide bonds. The van der Waals surface area contributed by atoms with E-state index in [1.165, 1.54) is 0 Å². The fourth-order valence-electron chi connectivity index (χ4n) is 1.65. The molecule has 0 aromatic heterocycles. The van der Waals surface area contributed by atoms with Crippen LogP contribution in [-0.4, -0.2) is 66.1 Å². The second-order valence-electron chi connectivity index (χ2n) is 3.73. The molecule has 1 aliphatic heterocycles. The van der Waals surface area contributed by atoms with Gasteiger partial charge in [-0.05, 0) is 0 Å². The Kier molecular flexibility index (Phi) is 4.51. The van der Waals surface area contributed by atoms with Gasteiger partial charge >= 0.3 is 5.97 Å². The highest BCUT2D eigenvalue weighted by atomic mass is 16.4. The van der Waals surface area contributed by atoms with Crippen molar-refractivity contribution in [1.29, 1.82) is 0 Å². The van der Waals surface area contributed by atoms with Crippen molar-refractivity contribution >= 4 is 11.9 Å². The predicted octanol–water partition coefficient (Wildman–Crippen LogP) is -1.44. The number of piperazine rings is 1. The maximum atomic E-state index is 10.7. The fourth-order valence-corrected chi connectivity index (χ4v) is 1.65. The Morgan fingerprint density at radius 3 is 2.13 bits per heavy atom. The van der Waals surface area contributed by atoms with Gasteiger partial charge in [-0.3, -0.25) is 14.5 Å². The maximum Gasteiger partial charge on any atom is 0.304 e. The van der Waals surface area contributed by atoms with Crippen LogP contribution in [0.4, 0.5) is 0 Å². The van der Waals surface area contributed by atoms with Crippen LogP contribution in [0, 0.1) is 0 Å². The summed E-state index contributed by atoms with van der Waals surface area (Å²) in [7, 11) is 0. The molecule has 1 fully saturated rings. The van der Waals surface area contributed by atoms with Crippen molar-refractivity contribution in [2.75, 3.05) is 39.3 Å². The molecule has 0 saturated carbocycles. The van der Waals surface area contributed by atoms with Crippen molar-refractivity contribution in [3.63, 3.8) is 0 Å². The third-order valence-corrected chi connectivity index (χ3v) is 2.49. The lowest BCUT2D eigenvalue weighted by atomic mass is 10.3. The van der Waals surface area contributed by atoms with E-state index in [4.69, 9.17) is 10.8 Å². The number of carboxylic acid groups (broad SMARTS) is 1. The van der Waals surface area contributed by atoms with Crippen molar-refractivity contribution in [3.8, 4) is 0 Å². The van der Waals surface area contributed by atoms with E-state index < -0.39 is 5.97 Å². The van der Waals surface area contributed by atoms with Gasteiger partial charge < -0.3 is 15.7 Å². The number of carbonyl (C=O) groups excluding carboxylic acids is 1. The molecule has 0 aromatic rings. The Morgan fingerprint density at radius 2 is 1.67 bits per heavy atom. The van der Waals surface area contributed by atoms with Crippen LogP contribution >= 0.6 is 0 Å². The van der Waals surface area contributed by atoms with Gasteiger partial charge in [-0.25, -0.2) is 0 Å². The first kappa shape index (κ1) is 11.9. The largest absolute Gasteiger partial charge is 0.481 e. The van der Waals surface area contributed by atoms with Crippen LogP contribution < -0.4 is 5.73 Å². The van der Waals surface area contributed by atoms with Gasteiger partial charge in [0.25, 0.3) is 0 Å². The van der Waals surface area contributed by atoms with Gasteiger partial charge in [0.05, 0.1) is 13.0 Å². The summed E-state index contributed by atoms with van der Waals surface area (Å²) in [6.45, 7) is 4.05. The summed E-state index contributed by atoms with van der Waals surface area (Å²) in [6, 6.07) is 0. The second kappa shape index (κ2) is 5.67. The van der Waals surface area contributed by atoms with Gasteiger partial charge in [-0.2, -0.15) is 0 Å². The van der Waals surface area contributed by atoms with Gasteiger partial charge in [0.2, 0.25) is 5.91 Å². The number of nitrogens with two attached hydrogens (primary N) is 1. The molecule has 0 aromatic carbocycles. The number of hydrogen-bond donors (Lipinski definition) is 2. The van der Waals surface area contributed by atoms with E-state index in [1.54, 1.807) is 0 Å². The molecule has 0 unspecified atom stereocenters. The molecule has 86 valence electrons. The highest BCUT2D eigenvalue weighted by Crippen LogP contribution is 2.01. The second-order valence-corrected chi connectivity index (χ2v) is 3.73. The highest BCUT2D eigenvalue weighted by Gasteiger charge is 2.17. The number of hydrogen-bond acceptors (Lipinski definition) is 4. The summed E-state index contributed by atoms with van der Waals surface area (Å²) in [5.74, 6) is -1.08. The van der Waals surface area contributed by atoms with E-state index in [9.17, 15) is 9.59 Å². The maximum absolute atomic E-state index is 10.7. The summed E-state index contributed by atoms with van der Waals surface area (Å²) < 4.78 is 0. The van der Waals surface area contributed by atoms with Gasteiger partial charge in [-0.1, -0.05) is 0 Å². The lowest BCUT2D eigenvalue weighted by Gasteiger charge is -2.33. The lowest BCUT2D eigenvalue weighted by molar-refractivity contribution is -0.137. The zero-order valence-corrected chi connectivity index (χ0v) is 8.69. The van der Waals surface area contributed by atoms with Crippen LogP contribution in [0.1, 0.15) is 6.42 Å². The number of aliphatic carboxylic acids is 1. The van der Waals surface area contributed by atoms with E-state index in [-0.39, 0.29) is 12.3 Å². The quantitative estimate of drug-likeness (QED) is 0.587. The zero-order chi connectivity index (χ0) is 11.3. The molecule has 1 rings (SSSR count). The Labute approximate surface area is 88.6 Å². The number of amides is 1. The standard InChI is InChI=1S/C9H17N3O3/c10-8(13)7-12-5-3-11(4-6-12)2-1-9(14)15/h1-7H2,(H2,10,13)(H,14,15). The minimum atomic E-state index is -0.769. The molecule has 0 atom stereocenters. The van der Waals surface area contributed by atoms with E-state index in [0.29, 0.717) is 13.1 Å². The van der Waals surface area contributed by atoms with Gasteiger partial charge in [0.1, 0.15) is 0 Å². The average molecular weight is 215 g/mol. The van der Waals surface area contributed by atoms with Gasteiger partial charge in [0.15, 0.2) is 0 Å². The molecule has 3 N–H and O–H groups in total. The molecule has 1 saturated heterocycles. The van der Waals surface area contributed by atoms with Crippen molar-refractivity contribution in [3.05, 3.63) is 0 Å². The Morgan fingerprint density at radius 1 is 1.13 bits per heavy atom. The summed E-state index contributed by atoms with van der Waals surface area (Å²) in [4.78, 5) is 25.1. The Bertz CT molecular complexity index is 237. The monoisotopic (exact) mass is 215 g/mol. The molecule has 0 radical (unpaired) electrons. The van der Waals surface area contributed by atoms with Crippen molar-refractivity contribution in [2.24, 2.45) is 5.73 Å². The van der Waals surface area contributed by atoms with E-state index in [2.05, 4.69) is 4.90 Å². The third-order valence-electron chi connectivity index (χ3n) is 2.49. The van der Waals surface area contributed by atoms with Crippen molar-refractivity contribution in [2.45, 2.75) is 6.42 Å². The van der Waals surface area contributed by atoms with E-state index in [0.717, 1.165) is 26.2 Å². The molecule has 1 heterocycles. The summed E-state index contributed by atoms with van der Waals surface area (Å²) in [6.07, 6.45) is 0.176. The van der Waals surface area contributed by atoms with Crippen molar-refractivity contribution < 1.29 is 14.7 Å². The van der Waals surface area contributed by atoms with Crippen LogP contribution in [0.3, 0.4) is 0 Å². The van der Waals surface area contributed by atoms with Gasteiger partial charge in [-0.15, -0.1) is 0 Å². The molecule has 1 aliphatic rings.